The molecule has 0 spiro atoms. The highest BCUT2D eigenvalue weighted by molar-refractivity contribution is 9.10. The number of carbonyl (C=O) groups is 1. The van der Waals surface area contributed by atoms with E-state index in [1.165, 1.54) is 12.1 Å². The van der Waals surface area contributed by atoms with E-state index in [1.54, 1.807) is 6.07 Å². The van der Waals surface area contributed by atoms with Crippen molar-refractivity contribution >= 4 is 21.8 Å². The number of nitrogens with one attached hydrogen (secondary N) is 1. The molecule has 0 saturated heterocycles. The van der Waals surface area contributed by atoms with Crippen LogP contribution in [0, 0.1) is 5.82 Å². The summed E-state index contributed by atoms with van der Waals surface area (Å²) in [6, 6.07) is 5.00. The number of rotatable bonds is 7. The molecule has 1 amide bonds. The minimum absolute atomic E-state index is 0.219. The highest BCUT2D eigenvalue weighted by Gasteiger charge is 2.12. The van der Waals surface area contributed by atoms with E-state index < -0.39 is 5.82 Å². The Morgan fingerprint density at radius 3 is 2.75 bits per heavy atom. The molecular weight excluding hydrogens is 323 g/mol. The zero-order valence-electron chi connectivity index (χ0n) is 12.2. The van der Waals surface area contributed by atoms with Gasteiger partial charge >= 0.3 is 0 Å². The molecule has 0 fully saturated rings. The maximum atomic E-state index is 13.3. The molecule has 0 radical (unpaired) electrons. The first-order valence-corrected chi connectivity index (χ1v) is 7.65. The molecule has 0 atom stereocenters. The van der Waals surface area contributed by atoms with Gasteiger partial charge in [-0.05, 0) is 68.3 Å². The Kier molecular flexibility index (Phi) is 7.16. The van der Waals surface area contributed by atoms with Crippen molar-refractivity contribution in [3.8, 4) is 0 Å². The largest absolute Gasteiger partial charge is 0.352 e. The summed E-state index contributed by atoms with van der Waals surface area (Å²) < 4.78 is 13.5. The van der Waals surface area contributed by atoms with Crippen LogP contribution < -0.4 is 5.32 Å². The standard InChI is InChI=1S/C15H22BrFN2O/c1-11(2)19(3)10-5-4-9-18-15(20)12-7-6-8-13(17)14(12)16/h6-8,11H,4-5,9-10H2,1-3H3,(H,18,20). The Balaban J connectivity index is 2.32. The topological polar surface area (TPSA) is 32.3 Å². The molecule has 3 nitrogen and oxygen atoms in total. The summed E-state index contributed by atoms with van der Waals surface area (Å²) in [5, 5.41) is 2.82. The molecule has 0 heterocycles. The van der Waals surface area contributed by atoms with Gasteiger partial charge in [-0.3, -0.25) is 4.79 Å². The number of benzene rings is 1. The van der Waals surface area contributed by atoms with Crippen LogP contribution in [0.4, 0.5) is 4.39 Å². The Hall–Kier alpha value is -0.940. The number of hydrogen-bond acceptors (Lipinski definition) is 2. The van der Waals surface area contributed by atoms with Gasteiger partial charge in [0.25, 0.3) is 5.91 Å². The van der Waals surface area contributed by atoms with Gasteiger partial charge in [-0.2, -0.15) is 0 Å². The summed E-state index contributed by atoms with van der Waals surface area (Å²) in [7, 11) is 2.09. The van der Waals surface area contributed by atoms with Crippen molar-refractivity contribution in [1.29, 1.82) is 0 Å². The normalized spacial score (nSPS) is 11.2. The molecular formula is C15H22BrFN2O. The van der Waals surface area contributed by atoms with Crippen LogP contribution in [0.5, 0.6) is 0 Å². The van der Waals surface area contributed by atoms with Crippen LogP contribution in [-0.2, 0) is 0 Å². The number of carbonyl (C=O) groups excluding carboxylic acids is 1. The Bertz CT molecular complexity index is 451. The van der Waals surface area contributed by atoms with E-state index >= 15 is 0 Å². The van der Waals surface area contributed by atoms with Crippen LogP contribution in [0.25, 0.3) is 0 Å². The van der Waals surface area contributed by atoms with Crippen molar-refractivity contribution in [1.82, 2.24) is 10.2 Å². The molecule has 5 heteroatoms. The van der Waals surface area contributed by atoms with Crippen LogP contribution in [0.15, 0.2) is 22.7 Å². The molecule has 0 bridgehead atoms. The van der Waals surface area contributed by atoms with Gasteiger partial charge in [0, 0.05) is 12.6 Å². The fraction of sp³-hybridized carbons (Fsp3) is 0.533. The lowest BCUT2D eigenvalue weighted by Crippen LogP contribution is -2.29. The fourth-order valence-electron chi connectivity index (χ4n) is 1.72. The van der Waals surface area contributed by atoms with Crippen molar-refractivity contribution in [3.05, 3.63) is 34.1 Å². The summed E-state index contributed by atoms with van der Waals surface area (Å²) in [4.78, 5) is 14.2. The second-order valence-corrected chi connectivity index (χ2v) is 5.93. The van der Waals surface area contributed by atoms with Crippen molar-refractivity contribution in [2.75, 3.05) is 20.1 Å². The lowest BCUT2D eigenvalue weighted by molar-refractivity contribution is 0.0951. The van der Waals surface area contributed by atoms with E-state index in [9.17, 15) is 9.18 Å². The van der Waals surface area contributed by atoms with Gasteiger partial charge in [-0.25, -0.2) is 4.39 Å². The molecule has 0 aliphatic carbocycles. The Labute approximate surface area is 128 Å². The maximum Gasteiger partial charge on any atom is 0.252 e. The van der Waals surface area contributed by atoms with Gasteiger partial charge in [0.15, 0.2) is 0 Å². The van der Waals surface area contributed by atoms with Gasteiger partial charge in [-0.1, -0.05) is 6.07 Å². The predicted molar refractivity (Wildman–Crippen MR) is 83.4 cm³/mol. The molecule has 112 valence electrons. The third kappa shape index (κ3) is 5.21. The summed E-state index contributed by atoms with van der Waals surface area (Å²) in [6.45, 7) is 5.93. The van der Waals surface area contributed by atoms with Crippen LogP contribution in [-0.4, -0.2) is 37.0 Å². The molecule has 20 heavy (non-hydrogen) atoms. The lowest BCUT2D eigenvalue weighted by Gasteiger charge is -2.20. The lowest BCUT2D eigenvalue weighted by atomic mass is 10.2. The van der Waals surface area contributed by atoms with Crippen molar-refractivity contribution in [2.45, 2.75) is 32.7 Å². The van der Waals surface area contributed by atoms with Crippen LogP contribution in [0.2, 0.25) is 0 Å². The number of hydrogen-bond donors (Lipinski definition) is 1. The SMILES string of the molecule is CC(C)N(C)CCCCNC(=O)c1cccc(F)c1Br. The zero-order chi connectivity index (χ0) is 15.1. The second kappa shape index (κ2) is 8.37. The summed E-state index contributed by atoms with van der Waals surface area (Å²) >= 11 is 3.10. The third-order valence-electron chi connectivity index (χ3n) is 3.30. The number of halogens is 2. The van der Waals surface area contributed by atoms with E-state index in [4.69, 9.17) is 0 Å². The van der Waals surface area contributed by atoms with E-state index in [-0.39, 0.29) is 10.4 Å². The summed E-state index contributed by atoms with van der Waals surface area (Å²) in [6.07, 6.45) is 1.94. The summed E-state index contributed by atoms with van der Waals surface area (Å²) in [5.74, 6) is -0.662. The van der Waals surface area contributed by atoms with Crippen molar-refractivity contribution in [3.63, 3.8) is 0 Å². The average Bonchev–Trinajstić information content (AvgIpc) is 2.40. The highest BCUT2D eigenvalue weighted by atomic mass is 79.9. The molecule has 0 saturated carbocycles. The molecule has 0 unspecified atom stereocenters. The predicted octanol–water partition coefficient (Wildman–Crippen LogP) is 3.44. The first kappa shape index (κ1) is 17.1. The first-order valence-electron chi connectivity index (χ1n) is 6.86. The highest BCUT2D eigenvalue weighted by Crippen LogP contribution is 2.20. The Morgan fingerprint density at radius 2 is 2.10 bits per heavy atom. The van der Waals surface area contributed by atoms with Gasteiger partial charge < -0.3 is 10.2 Å². The fourth-order valence-corrected chi connectivity index (χ4v) is 2.17. The minimum atomic E-state index is -0.420. The van der Waals surface area contributed by atoms with E-state index in [1.807, 2.05) is 0 Å². The average molecular weight is 345 g/mol. The van der Waals surface area contributed by atoms with Crippen LogP contribution in [0.3, 0.4) is 0 Å². The van der Waals surface area contributed by atoms with Gasteiger partial charge in [0.2, 0.25) is 0 Å². The van der Waals surface area contributed by atoms with Crippen LogP contribution in [0.1, 0.15) is 37.0 Å². The Morgan fingerprint density at radius 1 is 1.40 bits per heavy atom. The second-order valence-electron chi connectivity index (χ2n) is 5.14. The maximum absolute atomic E-state index is 13.3. The van der Waals surface area contributed by atoms with E-state index in [2.05, 4.69) is 47.0 Å². The monoisotopic (exact) mass is 344 g/mol. The molecule has 1 aromatic rings. The van der Waals surface area contributed by atoms with Crippen LogP contribution >= 0.6 is 15.9 Å². The molecule has 1 N–H and O–H groups in total. The van der Waals surface area contributed by atoms with Crippen molar-refractivity contribution < 1.29 is 9.18 Å². The molecule has 0 aliphatic heterocycles. The number of unbranched alkanes of at least 4 members (excludes halogenated alkanes) is 1. The number of amides is 1. The van der Waals surface area contributed by atoms with Gasteiger partial charge in [0.1, 0.15) is 5.82 Å². The van der Waals surface area contributed by atoms with Crippen molar-refractivity contribution in [2.24, 2.45) is 0 Å². The van der Waals surface area contributed by atoms with Gasteiger partial charge in [-0.15, -0.1) is 0 Å². The minimum Gasteiger partial charge on any atom is -0.352 e. The number of nitrogens with zero attached hydrogens (tertiary/aromatic N) is 1. The van der Waals surface area contributed by atoms with E-state index in [0.717, 1.165) is 19.4 Å². The third-order valence-corrected chi connectivity index (χ3v) is 4.11. The molecule has 0 aromatic heterocycles. The zero-order valence-corrected chi connectivity index (χ0v) is 13.8. The summed E-state index contributed by atoms with van der Waals surface area (Å²) in [5.41, 5.74) is 0.337. The molecule has 1 aromatic carbocycles. The first-order chi connectivity index (χ1) is 9.43. The quantitative estimate of drug-likeness (QED) is 0.768. The molecule has 0 aliphatic rings. The molecule has 1 rings (SSSR count). The van der Waals surface area contributed by atoms with Gasteiger partial charge in [0.05, 0.1) is 10.0 Å². The smallest absolute Gasteiger partial charge is 0.252 e. The van der Waals surface area contributed by atoms with E-state index in [0.29, 0.717) is 18.2 Å².